The predicted molar refractivity (Wildman–Crippen MR) is 131 cm³/mol. The zero-order valence-corrected chi connectivity index (χ0v) is 17.2. The van der Waals surface area contributed by atoms with Gasteiger partial charge in [-0.2, -0.15) is 0 Å². The van der Waals surface area contributed by atoms with E-state index in [1.54, 1.807) is 0 Å². The third-order valence-corrected chi connectivity index (χ3v) is 6.11. The van der Waals surface area contributed by atoms with E-state index in [0.29, 0.717) is 0 Å². The molecule has 0 aliphatic rings. The Morgan fingerprint density at radius 2 is 0.781 bits per heavy atom. The number of nitrogens with zero attached hydrogens (tertiary/aromatic N) is 4. The standard InChI is InChI=1S/C28H18N4/c1-3-11-19(12-4-1)31-23-17-9-7-15-21(23)25-27(31)29-26-22-16-8-10-18-24(22)32(28(26)30-25)20-13-5-2-6-14-20/h1-18H. The monoisotopic (exact) mass is 410 g/mol. The summed E-state index contributed by atoms with van der Waals surface area (Å²) in [5.74, 6) is 0. The van der Waals surface area contributed by atoms with Gasteiger partial charge in [0.25, 0.3) is 0 Å². The Labute approximate surface area is 184 Å². The molecule has 4 aromatic carbocycles. The topological polar surface area (TPSA) is 35.6 Å². The molecule has 3 heterocycles. The van der Waals surface area contributed by atoms with Gasteiger partial charge in [-0.15, -0.1) is 0 Å². The molecule has 4 nitrogen and oxygen atoms in total. The lowest BCUT2D eigenvalue weighted by molar-refractivity contribution is 1.12. The van der Waals surface area contributed by atoms with Crippen LogP contribution in [0.1, 0.15) is 0 Å². The van der Waals surface area contributed by atoms with Crippen LogP contribution in [0.15, 0.2) is 109 Å². The van der Waals surface area contributed by atoms with Crippen molar-refractivity contribution in [3.05, 3.63) is 109 Å². The van der Waals surface area contributed by atoms with Crippen LogP contribution in [-0.2, 0) is 0 Å². The molecule has 0 atom stereocenters. The van der Waals surface area contributed by atoms with E-state index >= 15 is 0 Å². The second-order valence-electron chi connectivity index (χ2n) is 7.94. The van der Waals surface area contributed by atoms with Crippen LogP contribution in [0.5, 0.6) is 0 Å². The van der Waals surface area contributed by atoms with Crippen LogP contribution in [0.3, 0.4) is 0 Å². The number of hydrogen-bond donors (Lipinski definition) is 0. The maximum atomic E-state index is 5.25. The van der Waals surface area contributed by atoms with Crippen molar-refractivity contribution >= 4 is 44.1 Å². The van der Waals surface area contributed by atoms with Crippen molar-refractivity contribution in [2.24, 2.45) is 0 Å². The number of fused-ring (bicyclic) bond motifs is 6. The molecule has 4 heteroatoms. The summed E-state index contributed by atoms with van der Waals surface area (Å²) in [6.45, 7) is 0. The molecule has 150 valence electrons. The Bertz CT molecular complexity index is 1630. The van der Waals surface area contributed by atoms with E-state index in [2.05, 4.69) is 106 Å². The first-order chi connectivity index (χ1) is 15.9. The lowest BCUT2D eigenvalue weighted by Gasteiger charge is -2.07. The van der Waals surface area contributed by atoms with E-state index in [1.165, 1.54) is 0 Å². The van der Waals surface area contributed by atoms with Crippen LogP contribution in [0.25, 0.3) is 55.5 Å². The van der Waals surface area contributed by atoms with Crippen molar-refractivity contribution in [3.63, 3.8) is 0 Å². The minimum absolute atomic E-state index is 0.876. The van der Waals surface area contributed by atoms with Crippen LogP contribution in [0.4, 0.5) is 0 Å². The largest absolute Gasteiger partial charge is 0.293 e. The van der Waals surface area contributed by atoms with Gasteiger partial charge in [-0.05, 0) is 36.4 Å². The molecule has 0 spiro atoms. The molecular formula is C28H18N4. The predicted octanol–water partition coefficient (Wildman–Crippen LogP) is 6.67. The Morgan fingerprint density at radius 3 is 1.22 bits per heavy atom. The molecule has 0 saturated heterocycles. The minimum atomic E-state index is 0.876. The minimum Gasteiger partial charge on any atom is -0.293 e. The van der Waals surface area contributed by atoms with Crippen molar-refractivity contribution in [2.75, 3.05) is 0 Å². The van der Waals surface area contributed by atoms with E-state index in [9.17, 15) is 0 Å². The molecule has 0 saturated carbocycles. The Kier molecular flexibility index (Phi) is 3.52. The number of benzene rings is 4. The lowest BCUT2D eigenvalue weighted by Crippen LogP contribution is -1.98. The lowest BCUT2D eigenvalue weighted by atomic mass is 10.2. The molecule has 7 rings (SSSR count). The third kappa shape index (κ3) is 2.32. The SMILES string of the molecule is c1ccc(-n2c3ccccc3c3nc4c(nc32)c2ccccc2n4-c2ccccc2)cc1. The molecule has 0 radical (unpaired) electrons. The van der Waals surface area contributed by atoms with Gasteiger partial charge in [-0.1, -0.05) is 72.8 Å². The smallest absolute Gasteiger partial charge is 0.165 e. The van der Waals surface area contributed by atoms with Crippen molar-refractivity contribution in [1.82, 2.24) is 19.1 Å². The molecule has 7 aromatic rings. The fourth-order valence-electron chi connectivity index (χ4n) is 4.73. The van der Waals surface area contributed by atoms with Gasteiger partial charge in [0.15, 0.2) is 11.3 Å². The highest BCUT2D eigenvalue weighted by atomic mass is 15.1. The second kappa shape index (κ2) is 6.53. The number of para-hydroxylation sites is 4. The highest BCUT2D eigenvalue weighted by molar-refractivity contribution is 6.12. The van der Waals surface area contributed by atoms with Gasteiger partial charge >= 0.3 is 0 Å². The van der Waals surface area contributed by atoms with Crippen molar-refractivity contribution < 1.29 is 0 Å². The maximum absolute atomic E-state index is 5.25. The van der Waals surface area contributed by atoms with Crippen molar-refractivity contribution in [3.8, 4) is 11.4 Å². The van der Waals surface area contributed by atoms with E-state index < -0.39 is 0 Å². The van der Waals surface area contributed by atoms with Crippen molar-refractivity contribution in [2.45, 2.75) is 0 Å². The molecule has 0 unspecified atom stereocenters. The fraction of sp³-hybridized carbons (Fsp3) is 0. The maximum Gasteiger partial charge on any atom is 0.165 e. The summed E-state index contributed by atoms with van der Waals surface area (Å²) in [6, 6.07) is 37.6. The number of hydrogen-bond acceptors (Lipinski definition) is 2. The molecule has 32 heavy (non-hydrogen) atoms. The number of aromatic nitrogens is 4. The van der Waals surface area contributed by atoms with E-state index in [0.717, 1.165) is 55.5 Å². The van der Waals surface area contributed by atoms with Gasteiger partial charge in [0.05, 0.1) is 11.0 Å². The molecule has 0 aliphatic heterocycles. The van der Waals surface area contributed by atoms with E-state index in [4.69, 9.17) is 9.97 Å². The average Bonchev–Trinajstić information content (AvgIpc) is 3.36. The first-order valence-corrected chi connectivity index (χ1v) is 10.7. The molecular weight excluding hydrogens is 392 g/mol. The van der Waals surface area contributed by atoms with Gasteiger partial charge in [0.1, 0.15) is 11.0 Å². The molecule has 0 fully saturated rings. The summed E-state index contributed by atoms with van der Waals surface area (Å²) in [5.41, 5.74) is 7.96. The van der Waals surface area contributed by atoms with Gasteiger partial charge < -0.3 is 0 Å². The zero-order valence-electron chi connectivity index (χ0n) is 17.2. The molecule has 0 bridgehead atoms. The van der Waals surface area contributed by atoms with Crippen LogP contribution in [0, 0.1) is 0 Å². The van der Waals surface area contributed by atoms with Gasteiger partial charge in [0.2, 0.25) is 0 Å². The van der Waals surface area contributed by atoms with Gasteiger partial charge in [-0.3, -0.25) is 9.13 Å². The Morgan fingerprint density at radius 1 is 0.406 bits per heavy atom. The summed E-state index contributed by atoms with van der Waals surface area (Å²) in [6.07, 6.45) is 0. The Hall–Kier alpha value is -4.44. The molecule has 0 N–H and O–H groups in total. The van der Waals surface area contributed by atoms with Crippen LogP contribution in [0.2, 0.25) is 0 Å². The van der Waals surface area contributed by atoms with Crippen LogP contribution >= 0.6 is 0 Å². The summed E-state index contributed by atoms with van der Waals surface area (Å²) in [7, 11) is 0. The normalized spacial score (nSPS) is 11.8. The highest BCUT2D eigenvalue weighted by Gasteiger charge is 2.20. The summed E-state index contributed by atoms with van der Waals surface area (Å²) < 4.78 is 4.43. The molecule has 0 aliphatic carbocycles. The highest BCUT2D eigenvalue weighted by Crippen LogP contribution is 2.35. The summed E-state index contributed by atoms with van der Waals surface area (Å²) in [4.78, 5) is 10.5. The van der Waals surface area contributed by atoms with E-state index in [-0.39, 0.29) is 0 Å². The average molecular weight is 410 g/mol. The summed E-state index contributed by atoms with van der Waals surface area (Å²) >= 11 is 0. The Balaban J connectivity index is 1.71. The fourth-order valence-corrected chi connectivity index (χ4v) is 4.73. The van der Waals surface area contributed by atoms with Gasteiger partial charge in [0, 0.05) is 22.1 Å². The molecule has 0 amide bonds. The summed E-state index contributed by atoms with van der Waals surface area (Å²) in [5, 5.41) is 2.20. The van der Waals surface area contributed by atoms with E-state index in [1.807, 2.05) is 12.1 Å². The van der Waals surface area contributed by atoms with Crippen LogP contribution < -0.4 is 0 Å². The number of rotatable bonds is 2. The quantitative estimate of drug-likeness (QED) is 0.319. The van der Waals surface area contributed by atoms with Gasteiger partial charge in [-0.25, -0.2) is 9.97 Å². The van der Waals surface area contributed by atoms with Crippen LogP contribution in [-0.4, -0.2) is 19.1 Å². The first-order valence-electron chi connectivity index (χ1n) is 10.7. The van der Waals surface area contributed by atoms with Crippen molar-refractivity contribution in [1.29, 1.82) is 0 Å². The molecule has 3 aromatic heterocycles. The third-order valence-electron chi connectivity index (χ3n) is 6.11. The zero-order chi connectivity index (χ0) is 21.1. The second-order valence-corrected chi connectivity index (χ2v) is 7.94. The first kappa shape index (κ1) is 17.3.